The standard InChI is InChI=1S/C35H19N3O/c1-2-9-21-20(8-1)22-10-5-11-23-24-16-17-29-31-33(24)38(32(22)23)34-25(21)13-7-19-37(34)35(31)30-26(12-6-15-28(30)39-29)27-14-3-4-18-36(27)35/h1-19H/q+2. The largest absolute Gasteiger partial charge is 0.456 e. The number of fused-ring (bicyclic) bond motifs is 6. The van der Waals surface area contributed by atoms with Crippen molar-refractivity contribution in [1.29, 1.82) is 0 Å². The smallest absolute Gasteiger partial charge is 0.374 e. The normalized spacial score (nSPS) is 17.5. The second kappa shape index (κ2) is 5.92. The zero-order valence-corrected chi connectivity index (χ0v) is 20.7. The van der Waals surface area contributed by atoms with Crippen LogP contribution in [-0.2, 0) is 5.66 Å². The number of aromatic nitrogens is 3. The maximum atomic E-state index is 6.77. The molecule has 4 aliphatic rings. The summed E-state index contributed by atoms with van der Waals surface area (Å²) in [6, 6.07) is 37.6. The number of benzene rings is 4. The molecule has 1 spiro atoms. The van der Waals surface area contributed by atoms with Crippen LogP contribution in [0.3, 0.4) is 0 Å². The van der Waals surface area contributed by atoms with E-state index in [1.54, 1.807) is 0 Å². The fraction of sp³-hybridized carbons (Fsp3) is 0.0286. The van der Waals surface area contributed by atoms with Gasteiger partial charge < -0.3 is 4.74 Å². The summed E-state index contributed by atoms with van der Waals surface area (Å²) >= 11 is 0. The Morgan fingerprint density at radius 2 is 1.23 bits per heavy atom. The van der Waals surface area contributed by atoms with Gasteiger partial charge in [0.2, 0.25) is 5.69 Å². The topological polar surface area (TPSA) is 21.9 Å². The van der Waals surface area contributed by atoms with Crippen molar-refractivity contribution < 1.29 is 13.9 Å². The highest BCUT2D eigenvalue weighted by Crippen LogP contribution is 2.58. The Labute approximate surface area is 223 Å². The first-order valence-electron chi connectivity index (χ1n) is 13.5. The molecule has 1 atom stereocenters. The van der Waals surface area contributed by atoms with E-state index in [9.17, 15) is 0 Å². The molecule has 11 rings (SSSR count). The SMILES string of the molecule is c1ccc2c(c1)-c1ccc[n+]3c1-n1c4c-2cccc4c2ccc4c(c21)C31c2c(cccc2-c2cccc[n+]21)O4. The fourth-order valence-corrected chi connectivity index (χ4v) is 8.11. The van der Waals surface area contributed by atoms with E-state index >= 15 is 0 Å². The van der Waals surface area contributed by atoms with E-state index in [4.69, 9.17) is 4.74 Å². The summed E-state index contributed by atoms with van der Waals surface area (Å²) in [7, 11) is 0. The van der Waals surface area contributed by atoms with Crippen LogP contribution in [0.5, 0.6) is 11.5 Å². The van der Waals surface area contributed by atoms with Crippen LogP contribution in [0.25, 0.3) is 61.1 Å². The number of pyridine rings is 2. The van der Waals surface area contributed by atoms with Gasteiger partial charge in [-0.2, -0.15) is 9.13 Å². The third kappa shape index (κ3) is 1.79. The van der Waals surface area contributed by atoms with Crippen molar-refractivity contribution in [3.8, 4) is 50.8 Å². The van der Waals surface area contributed by atoms with Gasteiger partial charge in [0, 0.05) is 28.5 Å². The van der Waals surface area contributed by atoms with E-state index in [0.29, 0.717) is 0 Å². The minimum absolute atomic E-state index is 0.606. The molecule has 4 aliphatic heterocycles. The van der Waals surface area contributed by atoms with Gasteiger partial charge in [-0.25, -0.2) is 0 Å². The molecule has 4 aromatic carbocycles. The molecule has 0 radical (unpaired) electrons. The summed E-state index contributed by atoms with van der Waals surface area (Å²) in [5.41, 5.74) is 11.8. The second-order valence-electron chi connectivity index (χ2n) is 10.9. The molecule has 0 bridgehead atoms. The molecule has 7 heterocycles. The monoisotopic (exact) mass is 497 g/mol. The van der Waals surface area contributed by atoms with Crippen LogP contribution in [0.15, 0.2) is 116 Å². The Kier molecular flexibility index (Phi) is 2.87. The summed E-state index contributed by atoms with van der Waals surface area (Å²) in [6.07, 6.45) is 4.52. The van der Waals surface area contributed by atoms with Gasteiger partial charge in [-0.15, -0.1) is 4.57 Å². The summed E-state index contributed by atoms with van der Waals surface area (Å²) in [5.74, 6) is 3.04. The molecular weight excluding hydrogens is 478 g/mol. The minimum Gasteiger partial charge on any atom is -0.456 e. The fourth-order valence-electron chi connectivity index (χ4n) is 8.11. The van der Waals surface area contributed by atoms with Gasteiger partial charge >= 0.3 is 11.5 Å². The van der Waals surface area contributed by atoms with Gasteiger partial charge in [0.05, 0.1) is 17.3 Å². The van der Waals surface area contributed by atoms with Crippen LogP contribution in [-0.4, -0.2) is 4.57 Å². The lowest BCUT2D eigenvalue weighted by atomic mass is 9.83. The summed E-state index contributed by atoms with van der Waals surface area (Å²) in [6.45, 7) is 0. The number of hydrogen-bond donors (Lipinski definition) is 0. The molecule has 4 nitrogen and oxygen atoms in total. The first-order valence-corrected chi connectivity index (χ1v) is 13.5. The van der Waals surface area contributed by atoms with Gasteiger partial charge in [-0.3, -0.25) is 0 Å². The molecule has 3 aromatic heterocycles. The van der Waals surface area contributed by atoms with Crippen LogP contribution in [0.2, 0.25) is 0 Å². The molecule has 0 fully saturated rings. The van der Waals surface area contributed by atoms with E-state index in [1.165, 1.54) is 72.3 Å². The number of nitrogens with zero attached hydrogens (tertiary/aromatic N) is 3. The number of ether oxygens (including phenoxy) is 1. The van der Waals surface area contributed by atoms with Crippen molar-refractivity contribution in [2.45, 2.75) is 5.66 Å². The van der Waals surface area contributed by atoms with Gasteiger partial charge in [-0.05, 0) is 59.7 Å². The lowest BCUT2D eigenvalue weighted by molar-refractivity contribution is -0.961. The highest BCUT2D eigenvalue weighted by atomic mass is 16.5. The average Bonchev–Trinajstić information content (AvgIpc) is 3.45. The molecule has 1 unspecified atom stereocenters. The molecule has 178 valence electrons. The van der Waals surface area contributed by atoms with E-state index < -0.39 is 5.66 Å². The van der Waals surface area contributed by atoms with Crippen molar-refractivity contribution in [1.82, 2.24) is 4.57 Å². The second-order valence-corrected chi connectivity index (χ2v) is 10.9. The number of hydrogen-bond acceptors (Lipinski definition) is 1. The van der Waals surface area contributed by atoms with E-state index in [2.05, 4.69) is 129 Å². The van der Waals surface area contributed by atoms with Crippen LogP contribution in [0.4, 0.5) is 0 Å². The van der Waals surface area contributed by atoms with Crippen molar-refractivity contribution >= 4 is 21.8 Å². The van der Waals surface area contributed by atoms with Gasteiger partial charge in [-0.1, -0.05) is 42.5 Å². The molecule has 7 aromatic rings. The Morgan fingerprint density at radius 1 is 0.513 bits per heavy atom. The molecule has 0 N–H and O–H groups in total. The van der Waals surface area contributed by atoms with Crippen LogP contribution in [0, 0.1) is 0 Å². The van der Waals surface area contributed by atoms with E-state index in [0.717, 1.165) is 11.5 Å². The Hall–Kier alpha value is -5.22. The van der Waals surface area contributed by atoms with Crippen LogP contribution >= 0.6 is 0 Å². The first-order chi connectivity index (χ1) is 19.4. The third-order valence-corrected chi connectivity index (χ3v) is 9.38. The predicted molar refractivity (Wildman–Crippen MR) is 149 cm³/mol. The quantitative estimate of drug-likeness (QED) is 0.214. The van der Waals surface area contributed by atoms with Crippen molar-refractivity contribution in [3.63, 3.8) is 0 Å². The van der Waals surface area contributed by atoms with E-state index in [1.807, 2.05) is 0 Å². The summed E-state index contributed by atoms with van der Waals surface area (Å²) < 4.78 is 14.3. The molecule has 0 saturated carbocycles. The Morgan fingerprint density at radius 3 is 2.18 bits per heavy atom. The predicted octanol–water partition coefficient (Wildman–Crippen LogP) is 6.70. The Balaban J connectivity index is 1.52. The molecule has 4 heteroatoms. The number of rotatable bonds is 0. The molecule has 39 heavy (non-hydrogen) atoms. The lowest BCUT2D eigenvalue weighted by Gasteiger charge is -2.34. The maximum absolute atomic E-state index is 6.77. The molecular formula is C35H19N3O+2. The van der Waals surface area contributed by atoms with E-state index in [-0.39, 0.29) is 0 Å². The van der Waals surface area contributed by atoms with Crippen LogP contribution in [0.1, 0.15) is 11.1 Å². The third-order valence-electron chi connectivity index (χ3n) is 9.38. The molecule has 0 saturated heterocycles. The zero-order valence-electron chi connectivity index (χ0n) is 20.7. The van der Waals surface area contributed by atoms with Crippen molar-refractivity contribution in [2.24, 2.45) is 0 Å². The zero-order chi connectivity index (χ0) is 25.0. The highest BCUT2D eigenvalue weighted by Gasteiger charge is 2.67. The van der Waals surface area contributed by atoms with Crippen LogP contribution < -0.4 is 13.9 Å². The van der Waals surface area contributed by atoms with Crippen molar-refractivity contribution in [3.05, 3.63) is 127 Å². The summed E-state index contributed by atoms with van der Waals surface area (Å²) in [4.78, 5) is 0. The highest BCUT2D eigenvalue weighted by molar-refractivity contribution is 6.17. The minimum atomic E-state index is -0.606. The maximum Gasteiger partial charge on any atom is 0.374 e. The van der Waals surface area contributed by atoms with Crippen molar-refractivity contribution in [2.75, 3.05) is 0 Å². The van der Waals surface area contributed by atoms with Gasteiger partial charge in [0.15, 0.2) is 17.3 Å². The first kappa shape index (κ1) is 18.9. The molecule has 0 amide bonds. The van der Waals surface area contributed by atoms with Gasteiger partial charge in [0.25, 0.3) is 0 Å². The lowest BCUT2D eigenvalue weighted by Crippen LogP contribution is -2.75. The number of para-hydroxylation sites is 1. The van der Waals surface area contributed by atoms with Gasteiger partial charge in [0.1, 0.15) is 22.6 Å². The Bertz CT molecular complexity index is 2330. The average molecular weight is 498 g/mol. The summed E-state index contributed by atoms with van der Waals surface area (Å²) in [5, 5.41) is 2.54. The molecule has 0 aliphatic carbocycles.